The maximum atomic E-state index is 10.5. The molecule has 1 rings (SSSR count). The number of hydrogen-bond donors (Lipinski definition) is 0. The van der Waals surface area contributed by atoms with Crippen molar-refractivity contribution in [2.24, 2.45) is 9.98 Å². The minimum Gasteiger partial charge on any atom is -0.211 e. The molecule has 0 radical (unpaired) electrons. The van der Waals surface area contributed by atoms with Crippen molar-refractivity contribution in [3.8, 4) is 0 Å². The van der Waals surface area contributed by atoms with Crippen molar-refractivity contribution in [3.05, 3.63) is 34.9 Å². The number of carbonyl (C=O) groups excluding carboxylic acids is 2. The average Bonchev–Trinajstić information content (AvgIpc) is 2.28. The highest BCUT2D eigenvalue weighted by Crippen LogP contribution is 2.34. The van der Waals surface area contributed by atoms with Gasteiger partial charge in [-0.1, -0.05) is 18.2 Å². The Balaban J connectivity index is 3.51. The van der Waals surface area contributed by atoms with Crippen molar-refractivity contribution < 1.29 is 9.59 Å². The molecule has 0 amide bonds. The number of nitrogens with zero attached hydrogens (tertiary/aromatic N) is 2. The summed E-state index contributed by atoms with van der Waals surface area (Å²) >= 11 is 0. The third kappa shape index (κ3) is 2.80. The average molecular weight is 244 g/mol. The van der Waals surface area contributed by atoms with Gasteiger partial charge in [0.1, 0.15) is 0 Å². The van der Waals surface area contributed by atoms with E-state index in [1.165, 1.54) is 0 Å². The van der Waals surface area contributed by atoms with Crippen molar-refractivity contribution >= 4 is 12.2 Å². The summed E-state index contributed by atoms with van der Waals surface area (Å²) in [6.07, 6.45) is 3.16. The summed E-state index contributed by atoms with van der Waals surface area (Å²) in [5.74, 6) is 0. The van der Waals surface area contributed by atoms with Gasteiger partial charge < -0.3 is 0 Å². The summed E-state index contributed by atoms with van der Waals surface area (Å²) in [7, 11) is 0. The van der Waals surface area contributed by atoms with Gasteiger partial charge in [-0.05, 0) is 44.4 Å². The Labute approximate surface area is 106 Å². The van der Waals surface area contributed by atoms with Crippen molar-refractivity contribution in [1.29, 1.82) is 0 Å². The van der Waals surface area contributed by atoms with E-state index in [9.17, 15) is 9.59 Å². The molecular weight excluding hydrogens is 228 g/mol. The minimum absolute atomic E-state index is 0.307. The van der Waals surface area contributed by atoms with Crippen LogP contribution >= 0.6 is 0 Å². The highest BCUT2D eigenvalue weighted by Gasteiger charge is 2.26. The predicted octanol–water partition coefficient (Wildman–Crippen LogP) is 2.96. The fourth-order valence-corrected chi connectivity index (χ4v) is 2.19. The van der Waals surface area contributed by atoms with E-state index in [1.807, 2.05) is 45.9 Å². The van der Waals surface area contributed by atoms with Gasteiger partial charge in [0.2, 0.25) is 12.2 Å². The van der Waals surface area contributed by atoms with Crippen molar-refractivity contribution in [1.82, 2.24) is 0 Å². The number of rotatable bonds is 4. The van der Waals surface area contributed by atoms with E-state index < -0.39 is 5.54 Å². The summed E-state index contributed by atoms with van der Waals surface area (Å²) in [5.41, 5.74) is 2.10. The third-order valence-corrected chi connectivity index (χ3v) is 2.94. The number of isocyanates is 2. The standard InChI is InChI=1S/C14H16N2O2/c1-10-6-5-7-12(11(2)15-8-17)13(10)14(3,4)16-9-18/h5-7,11H,1-4H3. The molecule has 0 N–H and O–H groups in total. The second-order valence-corrected chi connectivity index (χ2v) is 4.70. The van der Waals surface area contributed by atoms with Crippen molar-refractivity contribution in [3.63, 3.8) is 0 Å². The van der Waals surface area contributed by atoms with E-state index in [1.54, 1.807) is 12.2 Å². The van der Waals surface area contributed by atoms with Gasteiger partial charge >= 0.3 is 0 Å². The molecule has 1 unspecified atom stereocenters. The molecule has 0 aliphatic carbocycles. The van der Waals surface area contributed by atoms with Crippen LogP contribution in [-0.2, 0) is 15.1 Å². The SMILES string of the molecule is Cc1cccc(C(C)N=C=O)c1C(C)(C)N=C=O. The Hall–Kier alpha value is -2.02. The molecule has 0 spiro atoms. The van der Waals surface area contributed by atoms with Crippen LogP contribution in [-0.4, -0.2) is 12.2 Å². The number of aryl methyl sites for hydroxylation is 1. The molecule has 0 saturated carbocycles. The van der Waals surface area contributed by atoms with Crippen molar-refractivity contribution in [2.45, 2.75) is 39.3 Å². The van der Waals surface area contributed by atoms with Gasteiger partial charge in [0.25, 0.3) is 0 Å². The lowest BCUT2D eigenvalue weighted by atomic mass is 9.85. The molecule has 1 aromatic rings. The normalized spacial score (nSPS) is 12.2. The zero-order chi connectivity index (χ0) is 13.8. The molecule has 1 aromatic carbocycles. The van der Waals surface area contributed by atoms with Crippen LogP contribution in [0.1, 0.15) is 43.5 Å². The lowest BCUT2D eigenvalue weighted by Gasteiger charge is -2.25. The van der Waals surface area contributed by atoms with E-state index >= 15 is 0 Å². The van der Waals surface area contributed by atoms with Crippen LogP contribution in [0.2, 0.25) is 0 Å². The molecule has 0 bridgehead atoms. The molecule has 0 aromatic heterocycles. The van der Waals surface area contributed by atoms with Gasteiger partial charge in [-0.2, -0.15) is 9.98 Å². The molecule has 4 nitrogen and oxygen atoms in total. The van der Waals surface area contributed by atoms with Crippen molar-refractivity contribution in [2.75, 3.05) is 0 Å². The summed E-state index contributed by atoms with van der Waals surface area (Å²) in [6, 6.07) is 5.42. The first kappa shape index (κ1) is 14.0. The Morgan fingerprint density at radius 1 is 1.22 bits per heavy atom. The summed E-state index contributed by atoms with van der Waals surface area (Å²) < 4.78 is 0. The predicted molar refractivity (Wildman–Crippen MR) is 68.9 cm³/mol. The van der Waals surface area contributed by atoms with Crippen LogP contribution in [0, 0.1) is 6.92 Å². The van der Waals surface area contributed by atoms with E-state index in [0.717, 1.165) is 16.7 Å². The van der Waals surface area contributed by atoms with Gasteiger partial charge in [0.05, 0.1) is 11.6 Å². The van der Waals surface area contributed by atoms with Crippen LogP contribution in [0.5, 0.6) is 0 Å². The molecule has 0 heterocycles. The van der Waals surface area contributed by atoms with E-state index in [0.29, 0.717) is 0 Å². The second kappa shape index (κ2) is 5.54. The monoisotopic (exact) mass is 244 g/mol. The molecule has 0 aliphatic heterocycles. The van der Waals surface area contributed by atoms with Crippen LogP contribution < -0.4 is 0 Å². The Bertz CT molecular complexity index is 537. The van der Waals surface area contributed by atoms with Crippen LogP contribution in [0.3, 0.4) is 0 Å². The van der Waals surface area contributed by atoms with Gasteiger partial charge in [-0.25, -0.2) is 9.59 Å². The first-order valence-electron chi connectivity index (χ1n) is 5.70. The Kier molecular flexibility index (Phi) is 4.33. The van der Waals surface area contributed by atoms with E-state index in [-0.39, 0.29) is 6.04 Å². The third-order valence-electron chi connectivity index (χ3n) is 2.94. The maximum absolute atomic E-state index is 10.5. The molecule has 0 aliphatic rings. The Morgan fingerprint density at radius 3 is 2.44 bits per heavy atom. The first-order chi connectivity index (χ1) is 8.44. The molecule has 4 heteroatoms. The molecule has 18 heavy (non-hydrogen) atoms. The van der Waals surface area contributed by atoms with Gasteiger partial charge in [-0.3, -0.25) is 0 Å². The Morgan fingerprint density at radius 2 is 1.89 bits per heavy atom. The largest absolute Gasteiger partial charge is 0.235 e. The fourth-order valence-electron chi connectivity index (χ4n) is 2.19. The number of aliphatic imine (C=N–C) groups is 2. The second-order valence-electron chi connectivity index (χ2n) is 4.70. The quantitative estimate of drug-likeness (QED) is 0.604. The fraction of sp³-hybridized carbons (Fsp3) is 0.429. The summed E-state index contributed by atoms with van der Waals surface area (Å²) in [5, 5.41) is 0. The smallest absolute Gasteiger partial charge is 0.211 e. The first-order valence-corrected chi connectivity index (χ1v) is 5.70. The molecule has 0 fully saturated rings. The molecule has 94 valence electrons. The van der Waals surface area contributed by atoms with Crippen LogP contribution in [0.25, 0.3) is 0 Å². The zero-order valence-corrected chi connectivity index (χ0v) is 11.0. The van der Waals surface area contributed by atoms with E-state index in [4.69, 9.17) is 0 Å². The minimum atomic E-state index is -0.685. The molecule has 0 saturated heterocycles. The lowest BCUT2D eigenvalue weighted by Crippen LogP contribution is -2.18. The van der Waals surface area contributed by atoms with Gasteiger partial charge in [0.15, 0.2) is 0 Å². The lowest BCUT2D eigenvalue weighted by molar-refractivity contribution is 0.514. The maximum Gasteiger partial charge on any atom is 0.235 e. The number of benzene rings is 1. The van der Waals surface area contributed by atoms with Crippen LogP contribution in [0.4, 0.5) is 0 Å². The van der Waals surface area contributed by atoms with E-state index in [2.05, 4.69) is 9.98 Å². The zero-order valence-electron chi connectivity index (χ0n) is 11.0. The molecule has 1 atom stereocenters. The molecular formula is C14H16N2O2. The van der Waals surface area contributed by atoms with Gasteiger partial charge in [0, 0.05) is 0 Å². The van der Waals surface area contributed by atoms with Gasteiger partial charge in [-0.15, -0.1) is 0 Å². The highest BCUT2D eigenvalue weighted by molar-refractivity contribution is 5.46. The number of hydrogen-bond acceptors (Lipinski definition) is 4. The topological polar surface area (TPSA) is 58.9 Å². The summed E-state index contributed by atoms with van der Waals surface area (Å²) in [6.45, 7) is 7.42. The van der Waals surface area contributed by atoms with Crippen LogP contribution in [0.15, 0.2) is 28.2 Å². The summed E-state index contributed by atoms with van der Waals surface area (Å²) in [4.78, 5) is 28.5. The highest BCUT2D eigenvalue weighted by atomic mass is 16.1.